The van der Waals surface area contributed by atoms with Crippen molar-refractivity contribution < 1.29 is 0 Å². The lowest BCUT2D eigenvalue weighted by Crippen LogP contribution is -2.49. The van der Waals surface area contributed by atoms with E-state index >= 15 is 0 Å². The third-order valence-corrected chi connectivity index (χ3v) is 4.48. The molecule has 0 bridgehead atoms. The maximum absolute atomic E-state index is 9.85. The van der Waals surface area contributed by atoms with E-state index in [4.69, 9.17) is 4.98 Å². The number of aromatic nitrogens is 1. The number of rotatable bonds is 3. The first-order valence-electron chi connectivity index (χ1n) is 8.59. The van der Waals surface area contributed by atoms with Gasteiger partial charge in [0.05, 0.1) is 0 Å². The van der Waals surface area contributed by atoms with Gasteiger partial charge in [0.1, 0.15) is 17.5 Å². The molecule has 3 rings (SSSR count). The highest BCUT2D eigenvalue weighted by Gasteiger charge is 2.23. The summed E-state index contributed by atoms with van der Waals surface area (Å²) >= 11 is 0. The Morgan fingerprint density at radius 3 is 2.67 bits per heavy atom. The first-order chi connectivity index (χ1) is 11.6. The Bertz CT molecular complexity index is 746. The van der Waals surface area contributed by atoms with Crippen molar-refractivity contribution in [1.82, 2.24) is 10.3 Å². The second-order valence-electron chi connectivity index (χ2n) is 6.73. The summed E-state index contributed by atoms with van der Waals surface area (Å²) in [5, 5.41) is 13.3. The summed E-state index contributed by atoms with van der Waals surface area (Å²) in [4.78, 5) is 7.11. The molecule has 4 nitrogen and oxygen atoms in total. The molecule has 1 aliphatic rings. The summed E-state index contributed by atoms with van der Waals surface area (Å²) < 4.78 is 0. The molecule has 0 spiro atoms. The van der Waals surface area contributed by atoms with Crippen LogP contribution in [0.15, 0.2) is 36.4 Å². The van der Waals surface area contributed by atoms with Gasteiger partial charge in [0.2, 0.25) is 0 Å². The summed E-state index contributed by atoms with van der Waals surface area (Å²) in [7, 11) is 0. The van der Waals surface area contributed by atoms with Crippen molar-refractivity contribution in [3.05, 3.63) is 47.7 Å². The van der Waals surface area contributed by atoms with Crippen LogP contribution in [0.2, 0.25) is 0 Å². The van der Waals surface area contributed by atoms with Gasteiger partial charge < -0.3 is 10.2 Å². The number of pyridine rings is 1. The zero-order chi connectivity index (χ0) is 17.1. The van der Waals surface area contributed by atoms with Crippen molar-refractivity contribution in [1.29, 1.82) is 5.26 Å². The van der Waals surface area contributed by atoms with E-state index < -0.39 is 0 Å². The summed E-state index contributed by atoms with van der Waals surface area (Å²) in [6.45, 7) is 9.13. The van der Waals surface area contributed by atoms with E-state index in [1.165, 1.54) is 0 Å². The fraction of sp³-hybridized carbons (Fsp3) is 0.400. The van der Waals surface area contributed by atoms with E-state index in [2.05, 4.69) is 55.3 Å². The summed E-state index contributed by atoms with van der Waals surface area (Å²) in [5.41, 5.74) is 3.77. The third kappa shape index (κ3) is 3.27. The van der Waals surface area contributed by atoms with Crippen LogP contribution in [-0.2, 0) is 0 Å². The molecule has 0 saturated carbocycles. The maximum atomic E-state index is 9.85. The van der Waals surface area contributed by atoms with E-state index in [1.54, 1.807) is 0 Å². The molecule has 124 valence electrons. The lowest BCUT2D eigenvalue weighted by atomic mass is 9.97. The minimum atomic E-state index is 0.319. The molecular formula is C20H24N4. The highest BCUT2D eigenvalue weighted by atomic mass is 15.2. The minimum absolute atomic E-state index is 0.319. The molecule has 4 heteroatoms. The molecule has 1 unspecified atom stereocenters. The van der Waals surface area contributed by atoms with E-state index in [1.807, 2.05) is 18.2 Å². The molecule has 2 aromatic rings. The predicted molar refractivity (Wildman–Crippen MR) is 98.2 cm³/mol. The topological polar surface area (TPSA) is 52.0 Å². The normalized spacial score (nSPS) is 17.8. The number of nitrogens with zero attached hydrogens (tertiary/aromatic N) is 3. The Labute approximate surface area is 144 Å². The Morgan fingerprint density at radius 1 is 1.29 bits per heavy atom. The molecule has 1 aromatic carbocycles. The van der Waals surface area contributed by atoms with Gasteiger partial charge in [-0.3, -0.25) is 0 Å². The molecular weight excluding hydrogens is 296 g/mol. The van der Waals surface area contributed by atoms with Crippen molar-refractivity contribution in [2.75, 3.05) is 24.5 Å². The average molecular weight is 320 g/mol. The van der Waals surface area contributed by atoms with Crippen LogP contribution in [0, 0.1) is 11.3 Å². The van der Waals surface area contributed by atoms with Crippen LogP contribution >= 0.6 is 0 Å². The van der Waals surface area contributed by atoms with Crippen molar-refractivity contribution in [3.8, 4) is 17.2 Å². The molecule has 1 saturated heterocycles. The number of hydrogen-bond acceptors (Lipinski definition) is 4. The molecule has 1 aromatic heterocycles. The highest BCUT2D eigenvalue weighted by molar-refractivity contribution is 5.77. The van der Waals surface area contributed by atoms with Crippen molar-refractivity contribution >= 4 is 5.82 Å². The number of hydrogen-bond donors (Lipinski definition) is 1. The van der Waals surface area contributed by atoms with E-state index in [0.29, 0.717) is 17.5 Å². The van der Waals surface area contributed by atoms with Crippen molar-refractivity contribution in [2.24, 2.45) is 0 Å². The van der Waals surface area contributed by atoms with Gasteiger partial charge in [-0.1, -0.05) is 44.2 Å². The zero-order valence-corrected chi connectivity index (χ0v) is 14.6. The fourth-order valence-electron chi connectivity index (χ4n) is 3.16. The Balaban J connectivity index is 2.17. The lowest BCUT2D eigenvalue weighted by molar-refractivity contribution is 0.481. The number of nitrogens with one attached hydrogen (secondary N) is 1. The number of piperazine rings is 1. The van der Waals surface area contributed by atoms with Crippen LogP contribution in [0.5, 0.6) is 0 Å². The van der Waals surface area contributed by atoms with Gasteiger partial charge in [-0.25, -0.2) is 4.98 Å². The molecule has 1 aliphatic heterocycles. The molecule has 0 aliphatic carbocycles. The molecule has 24 heavy (non-hydrogen) atoms. The Kier molecular flexibility index (Phi) is 4.82. The molecule has 0 radical (unpaired) electrons. The first-order valence-corrected chi connectivity index (χ1v) is 8.59. The van der Waals surface area contributed by atoms with E-state index in [0.717, 1.165) is 42.3 Å². The largest absolute Gasteiger partial charge is 0.353 e. The minimum Gasteiger partial charge on any atom is -0.353 e. The monoisotopic (exact) mass is 320 g/mol. The van der Waals surface area contributed by atoms with Crippen LogP contribution in [0.4, 0.5) is 5.82 Å². The average Bonchev–Trinajstić information content (AvgIpc) is 2.61. The van der Waals surface area contributed by atoms with E-state index in [9.17, 15) is 5.26 Å². The van der Waals surface area contributed by atoms with Crippen molar-refractivity contribution in [3.63, 3.8) is 0 Å². The molecule has 1 fully saturated rings. The molecule has 1 atom stereocenters. The van der Waals surface area contributed by atoms with Crippen LogP contribution in [0.1, 0.15) is 37.9 Å². The van der Waals surface area contributed by atoms with Crippen LogP contribution in [0.25, 0.3) is 11.1 Å². The van der Waals surface area contributed by atoms with Crippen molar-refractivity contribution in [2.45, 2.75) is 32.7 Å². The van der Waals surface area contributed by atoms with E-state index in [-0.39, 0.29) is 0 Å². The van der Waals surface area contributed by atoms with Gasteiger partial charge >= 0.3 is 0 Å². The quantitative estimate of drug-likeness (QED) is 0.940. The van der Waals surface area contributed by atoms with Gasteiger partial charge in [-0.15, -0.1) is 0 Å². The van der Waals surface area contributed by atoms with Gasteiger partial charge in [0, 0.05) is 36.9 Å². The number of anilines is 1. The standard InChI is InChI=1S/C20H24N4/c1-14(2)19-11-17(16-7-5-4-6-8-16)18(12-21)20(23-19)24-10-9-22-15(3)13-24/h4-8,11,14-15,22H,9-10,13H2,1-3H3. The number of nitriles is 1. The summed E-state index contributed by atoms with van der Waals surface area (Å²) in [5.74, 6) is 1.15. The SMILES string of the molecule is CC1CN(c2nc(C(C)C)cc(-c3ccccc3)c2C#N)CCN1. The van der Waals surface area contributed by atoms with Gasteiger partial charge in [0.25, 0.3) is 0 Å². The smallest absolute Gasteiger partial charge is 0.147 e. The highest BCUT2D eigenvalue weighted by Crippen LogP contribution is 2.32. The summed E-state index contributed by atoms with van der Waals surface area (Å²) in [6, 6.07) is 15.0. The second-order valence-corrected chi connectivity index (χ2v) is 6.73. The predicted octanol–water partition coefficient (Wildman–Crippen LogP) is 3.54. The zero-order valence-electron chi connectivity index (χ0n) is 14.6. The molecule has 1 N–H and O–H groups in total. The Hall–Kier alpha value is -2.38. The number of benzene rings is 1. The van der Waals surface area contributed by atoms with Gasteiger partial charge in [-0.05, 0) is 24.5 Å². The Morgan fingerprint density at radius 2 is 2.04 bits per heavy atom. The lowest BCUT2D eigenvalue weighted by Gasteiger charge is -2.34. The van der Waals surface area contributed by atoms with Gasteiger partial charge in [0.15, 0.2) is 0 Å². The van der Waals surface area contributed by atoms with Crippen LogP contribution in [-0.4, -0.2) is 30.7 Å². The van der Waals surface area contributed by atoms with Crippen LogP contribution < -0.4 is 10.2 Å². The van der Waals surface area contributed by atoms with Crippen LogP contribution in [0.3, 0.4) is 0 Å². The molecule has 0 amide bonds. The van der Waals surface area contributed by atoms with Gasteiger partial charge in [-0.2, -0.15) is 5.26 Å². The first kappa shape index (κ1) is 16.5. The fourth-order valence-corrected chi connectivity index (χ4v) is 3.16. The molecule has 2 heterocycles. The summed E-state index contributed by atoms with van der Waals surface area (Å²) in [6.07, 6.45) is 0. The third-order valence-electron chi connectivity index (χ3n) is 4.48. The maximum Gasteiger partial charge on any atom is 0.147 e. The second kappa shape index (κ2) is 7.02.